The Morgan fingerprint density at radius 3 is 2.85 bits per heavy atom. The first-order valence-electron chi connectivity index (χ1n) is 16.2. The van der Waals surface area contributed by atoms with Crippen LogP contribution in [0.4, 0.5) is 5.00 Å². The minimum Gasteiger partial charge on any atom is -0.473 e. The molecule has 2 saturated heterocycles. The first-order valence-corrected chi connectivity index (χ1v) is 17.0. The molecule has 0 bridgehead atoms. The van der Waals surface area contributed by atoms with Crippen molar-refractivity contribution in [3.05, 3.63) is 51.4 Å². The van der Waals surface area contributed by atoms with Gasteiger partial charge in [-0.2, -0.15) is 15.3 Å². The van der Waals surface area contributed by atoms with Gasteiger partial charge in [0.05, 0.1) is 24.5 Å². The van der Waals surface area contributed by atoms with Crippen molar-refractivity contribution in [2.75, 3.05) is 32.5 Å². The number of thiophene rings is 1. The summed E-state index contributed by atoms with van der Waals surface area (Å²) in [6, 6.07) is 6.18. The molecule has 0 amide bonds. The number of aryl methyl sites for hydroxylation is 1. The van der Waals surface area contributed by atoms with Gasteiger partial charge in [0.1, 0.15) is 22.9 Å². The van der Waals surface area contributed by atoms with Crippen molar-refractivity contribution in [3.63, 3.8) is 0 Å². The molecule has 12 nitrogen and oxygen atoms in total. The van der Waals surface area contributed by atoms with E-state index in [1.807, 2.05) is 0 Å². The molecular formula is C33H40N8O4S. The Balaban J connectivity index is 1.32. The number of nitrogens with two attached hydrogens (primary N) is 1. The summed E-state index contributed by atoms with van der Waals surface area (Å²) in [5, 5.41) is 30.7. The van der Waals surface area contributed by atoms with Gasteiger partial charge in [-0.3, -0.25) is 4.90 Å². The van der Waals surface area contributed by atoms with Crippen molar-refractivity contribution in [1.82, 2.24) is 29.8 Å². The van der Waals surface area contributed by atoms with Gasteiger partial charge in [-0.25, -0.2) is 9.67 Å². The molecule has 0 unspecified atom stereocenters. The van der Waals surface area contributed by atoms with E-state index in [0.717, 1.165) is 79.7 Å². The van der Waals surface area contributed by atoms with E-state index in [2.05, 4.69) is 42.1 Å². The van der Waals surface area contributed by atoms with E-state index in [4.69, 9.17) is 29.7 Å². The van der Waals surface area contributed by atoms with Crippen LogP contribution in [-0.2, 0) is 23.2 Å². The summed E-state index contributed by atoms with van der Waals surface area (Å²) >= 11 is 1.51. The molecule has 2 fully saturated rings. The number of rotatable bonds is 10. The molecule has 4 aromatic rings. The van der Waals surface area contributed by atoms with Gasteiger partial charge < -0.3 is 24.8 Å². The van der Waals surface area contributed by atoms with E-state index < -0.39 is 5.60 Å². The Morgan fingerprint density at radius 2 is 2.13 bits per heavy atom. The van der Waals surface area contributed by atoms with Crippen molar-refractivity contribution in [1.29, 1.82) is 5.26 Å². The maximum Gasteiger partial charge on any atom is 0.219 e. The number of aliphatic hydroxyl groups is 1. The van der Waals surface area contributed by atoms with E-state index >= 15 is 0 Å². The van der Waals surface area contributed by atoms with Crippen LogP contribution in [0.25, 0.3) is 17.3 Å². The predicted molar refractivity (Wildman–Crippen MR) is 172 cm³/mol. The fourth-order valence-electron chi connectivity index (χ4n) is 7.06. The number of aromatic nitrogens is 5. The lowest BCUT2D eigenvalue weighted by atomic mass is 9.81. The lowest BCUT2D eigenvalue weighted by Gasteiger charge is -2.34. The summed E-state index contributed by atoms with van der Waals surface area (Å²) in [5.74, 6) is 1.93. The molecule has 0 radical (unpaired) electrons. The summed E-state index contributed by atoms with van der Waals surface area (Å²) in [4.78, 5) is 13.3. The molecule has 13 heteroatoms. The Morgan fingerprint density at radius 1 is 1.28 bits per heavy atom. The highest BCUT2D eigenvalue weighted by atomic mass is 32.1. The zero-order valence-electron chi connectivity index (χ0n) is 26.5. The topological polar surface area (TPSA) is 161 Å². The maximum absolute atomic E-state index is 10.8. The molecule has 1 aliphatic carbocycles. The van der Waals surface area contributed by atoms with Crippen LogP contribution in [0.5, 0.6) is 5.88 Å². The zero-order valence-corrected chi connectivity index (χ0v) is 27.3. The van der Waals surface area contributed by atoms with Crippen molar-refractivity contribution in [3.8, 4) is 29.3 Å². The third-order valence-electron chi connectivity index (χ3n) is 9.63. The number of unbranched alkanes of at least 4 members (excludes halogenated alkanes) is 1. The number of nitrogens with zero attached hydrogens (tertiary/aromatic N) is 7. The van der Waals surface area contributed by atoms with E-state index in [1.165, 1.54) is 11.3 Å². The SMILES string of the molecule is CCCCc1c(-c2nc(O[C@@H](C)[C@@H]3CCCN3C)cc(-n3ccc(C4(O)COC4)n3)n2)noc1[C@H]1CCCc2sc(N)c(C#N)c21. The van der Waals surface area contributed by atoms with E-state index in [0.29, 0.717) is 39.5 Å². The van der Waals surface area contributed by atoms with Gasteiger partial charge in [0.25, 0.3) is 0 Å². The van der Waals surface area contributed by atoms with E-state index in [-0.39, 0.29) is 31.3 Å². The highest BCUT2D eigenvalue weighted by Crippen LogP contribution is 2.47. The fraction of sp³-hybridized carbons (Fsp3) is 0.545. The summed E-state index contributed by atoms with van der Waals surface area (Å²) in [5.41, 5.74) is 8.74. The molecular weight excluding hydrogens is 604 g/mol. The van der Waals surface area contributed by atoms with Gasteiger partial charge in [0, 0.05) is 34.7 Å². The maximum atomic E-state index is 10.8. The van der Waals surface area contributed by atoms with Crippen LogP contribution in [0, 0.1) is 11.3 Å². The van der Waals surface area contributed by atoms with Crippen LogP contribution >= 0.6 is 11.3 Å². The molecule has 3 N–H and O–H groups in total. The highest BCUT2D eigenvalue weighted by Gasteiger charge is 2.40. The van der Waals surface area contributed by atoms with Crippen LogP contribution in [0.15, 0.2) is 22.9 Å². The Bertz CT molecular complexity index is 1770. The standard InChI is InChI=1S/C33H40N8O4S/c1-4-5-8-21-29(39-45-30(21)20-9-6-11-24-28(20)22(16-34)31(35)46-24)32-36-26(41-14-12-25(38-41)33(42)17-43-18-33)15-27(37-32)44-19(2)23-10-7-13-40(23)3/h12,14-15,19-20,23,42H,4-11,13,17-18,35H2,1-3H3/t19-,20-,23-/m0/s1. The van der Waals surface area contributed by atoms with E-state index in [9.17, 15) is 10.4 Å². The quantitative estimate of drug-likeness (QED) is 0.246. The summed E-state index contributed by atoms with van der Waals surface area (Å²) in [6.45, 7) is 5.67. The first-order chi connectivity index (χ1) is 22.3. The number of fused-ring (bicyclic) bond motifs is 1. The molecule has 0 aromatic carbocycles. The van der Waals surface area contributed by atoms with Gasteiger partial charge in [0.2, 0.25) is 5.88 Å². The number of hydrogen-bond acceptors (Lipinski definition) is 12. The van der Waals surface area contributed by atoms with Gasteiger partial charge in [-0.1, -0.05) is 18.5 Å². The minimum absolute atomic E-state index is 0.106. The molecule has 4 aromatic heterocycles. The van der Waals surface area contributed by atoms with Crippen LogP contribution in [0.1, 0.15) is 91.3 Å². The monoisotopic (exact) mass is 644 g/mol. The van der Waals surface area contributed by atoms with Crippen LogP contribution < -0.4 is 10.5 Å². The van der Waals surface area contributed by atoms with Gasteiger partial charge in [-0.05, 0) is 77.1 Å². The zero-order chi connectivity index (χ0) is 32.0. The second-order valence-electron chi connectivity index (χ2n) is 12.8. The number of anilines is 1. The van der Waals surface area contributed by atoms with Crippen molar-refractivity contribution in [2.45, 2.75) is 88.9 Å². The smallest absolute Gasteiger partial charge is 0.219 e. The number of likely N-dealkylation sites (N-methyl/N-ethyl adjacent to an activating group) is 1. The van der Waals surface area contributed by atoms with Crippen molar-refractivity contribution in [2.24, 2.45) is 0 Å². The van der Waals surface area contributed by atoms with E-state index in [1.54, 1.807) is 23.0 Å². The molecule has 6 heterocycles. The molecule has 0 spiro atoms. The number of nitrogen functional groups attached to an aromatic ring is 1. The predicted octanol–water partition coefficient (Wildman–Crippen LogP) is 4.72. The molecule has 3 atom stereocenters. The van der Waals surface area contributed by atoms with Crippen LogP contribution in [-0.4, -0.2) is 73.9 Å². The Kier molecular flexibility index (Phi) is 8.31. The molecule has 2 aliphatic heterocycles. The second kappa shape index (κ2) is 12.4. The lowest BCUT2D eigenvalue weighted by molar-refractivity contribution is -0.187. The summed E-state index contributed by atoms with van der Waals surface area (Å²) < 4.78 is 19.6. The first kappa shape index (κ1) is 30.8. The lowest BCUT2D eigenvalue weighted by Crippen LogP contribution is -2.46. The number of likely N-dealkylation sites (tertiary alicyclic amines) is 1. The molecule has 0 saturated carbocycles. The fourth-order valence-corrected chi connectivity index (χ4v) is 8.18. The normalized spacial score (nSPS) is 21.5. The van der Waals surface area contributed by atoms with Gasteiger partial charge in [0.15, 0.2) is 22.9 Å². The van der Waals surface area contributed by atoms with Gasteiger partial charge >= 0.3 is 0 Å². The van der Waals surface area contributed by atoms with Crippen LogP contribution in [0.3, 0.4) is 0 Å². The molecule has 242 valence electrons. The molecule has 7 rings (SSSR count). The van der Waals surface area contributed by atoms with Crippen molar-refractivity contribution >= 4 is 16.3 Å². The van der Waals surface area contributed by atoms with Crippen molar-refractivity contribution < 1.29 is 19.1 Å². The average Bonchev–Trinajstić information content (AvgIpc) is 3.84. The number of nitriles is 1. The number of ether oxygens (including phenoxy) is 2. The minimum atomic E-state index is -1.11. The Labute approximate surface area is 272 Å². The Hall–Kier alpha value is -3.83. The largest absolute Gasteiger partial charge is 0.473 e. The average molecular weight is 645 g/mol. The third kappa shape index (κ3) is 5.47. The van der Waals surface area contributed by atoms with Gasteiger partial charge in [-0.15, -0.1) is 11.3 Å². The highest BCUT2D eigenvalue weighted by molar-refractivity contribution is 7.16. The second-order valence-corrected chi connectivity index (χ2v) is 13.9. The molecule has 3 aliphatic rings. The third-order valence-corrected chi connectivity index (χ3v) is 10.7. The summed E-state index contributed by atoms with van der Waals surface area (Å²) in [7, 11) is 2.13. The van der Waals surface area contributed by atoms with Crippen LogP contribution in [0.2, 0.25) is 0 Å². The number of hydrogen-bond donors (Lipinski definition) is 2. The summed E-state index contributed by atoms with van der Waals surface area (Å²) in [6.07, 6.45) is 9.21. The molecule has 46 heavy (non-hydrogen) atoms.